The molecule has 2 aliphatic heterocycles. The van der Waals surface area contributed by atoms with Crippen LogP contribution in [0, 0.1) is 11.8 Å². The minimum absolute atomic E-state index is 0.0787. The van der Waals surface area contributed by atoms with Crippen LogP contribution in [0.1, 0.15) is 36.0 Å². The molecule has 1 spiro atoms. The number of amides is 1. The highest BCUT2D eigenvalue weighted by Gasteiger charge is 2.73. The highest BCUT2D eigenvalue weighted by Crippen LogP contribution is 2.65. The van der Waals surface area contributed by atoms with Gasteiger partial charge in [-0.3, -0.25) is 9.69 Å². The Labute approximate surface area is 216 Å². The molecule has 2 heterocycles. The predicted octanol–water partition coefficient (Wildman–Crippen LogP) is 3.26. The molecule has 2 aliphatic carbocycles. The van der Waals surface area contributed by atoms with Gasteiger partial charge in [0.15, 0.2) is 11.5 Å². The summed E-state index contributed by atoms with van der Waals surface area (Å²) >= 11 is 5.95. The molecule has 4 aliphatic rings. The number of phenols is 1. The minimum Gasteiger partial charge on any atom is -0.504 e. The SMILES string of the molecule is C=CCN1CC[C@]23c4c5ccc(O)c4O[C@H]2[C@@H](N(C)C(=O)C#Cc2ccc(Cl)cc2)CC[C@@]3(O)[C@H]1C5. The summed E-state index contributed by atoms with van der Waals surface area (Å²) in [5.41, 5.74) is 1.02. The molecule has 5 atom stereocenters. The number of benzene rings is 2. The zero-order valence-corrected chi connectivity index (χ0v) is 21.0. The first-order chi connectivity index (χ1) is 17.3. The molecule has 7 heteroatoms. The van der Waals surface area contributed by atoms with E-state index >= 15 is 0 Å². The molecule has 2 N–H and O–H groups in total. The zero-order valence-electron chi connectivity index (χ0n) is 20.2. The molecule has 0 unspecified atom stereocenters. The van der Waals surface area contributed by atoms with Gasteiger partial charge < -0.3 is 19.8 Å². The summed E-state index contributed by atoms with van der Waals surface area (Å²) in [6.07, 6.45) is 3.90. The van der Waals surface area contributed by atoms with Gasteiger partial charge in [-0.1, -0.05) is 29.7 Å². The molecule has 6 rings (SSSR count). The molecule has 2 aromatic carbocycles. The molecule has 1 saturated carbocycles. The van der Waals surface area contributed by atoms with Crippen LogP contribution in [0.2, 0.25) is 5.02 Å². The van der Waals surface area contributed by atoms with E-state index in [1.807, 2.05) is 12.1 Å². The third-order valence-corrected chi connectivity index (χ3v) is 9.13. The maximum absolute atomic E-state index is 13.2. The topological polar surface area (TPSA) is 73.2 Å². The van der Waals surface area contributed by atoms with Crippen molar-refractivity contribution in [3.63, 3.8) is 0 Å². The van der Waals surface area contributed by atoms with E-state index in [0.29, 0.717) is 48.6 Å². The number of nitrogens with zero attached hydrogens (tertiary/aromatic N) is 2. The van der Waals surface area contributed by atoms with Crippen LogP contribution in [0.4, 0.5) is 0 Å². The average Bonchev–Trinajstić information content (AvgIpc) is 3.22. The van der Waals surface area contributed by atoms with Crippen molar-refractivity contribution in [1.29, 1.82) is 0 Å². The van der Waals surface area contributed by atoms with Crippen molar-refractivity contribution in [2.75, 3.05) is 20.1 Å². The van der Waals surface area contributed by atoms with Crippen LogP contribution in [0.25, 0.3) is 0 Å². The van der Waals surface area contributed by atoms with E-state index in [-0.39, 0.29) is 23.7 Å². The minimum atomic E-state index is -1.03. The second kappa shape index (κ2) is 8.27. The fraction of sp³-hybridized carbons (Fsp3) is 0.414. The van der Waals surface area contributed by atoms with Crippen molar-refractivity contribution in [2.24, 2.45) is 0 Å². The van der Waals surface area contributed by atoms with Gasteiger partial charge in [0.25, 0.3) is 5.91 Å². The van der Waals surface area contributed by atoms with Gasteiger partial charge in [0.1, 0.15) is 6.10 Å². The number of hydrogen-bond donors (Lipinski definition) is 2. The lowest BCUT2D eigenvalue weighted by atomic mass is 9.48. The summed E-state index contributed by atoms with van der Waals surface area (Å²) < 4.78 is 6.52. The quantitative estimate of drug-likeness (QED) is 0.496. The van der Waals surface area contributed by atoms with Crippen molar-refractivity contribution in [3.05, 3.63) is 70.8 Å². The molecule has 1 amide bonds. The van der Waals surface area contributed by atoms with Crippen molar-refractivity contribution in [1.82, 2.24) is 9.80 Å². The molecule has 0 radical (unpaired) electrons. The normalized spacial score (nSPS) is 31.5. The number of aliphatic hydroxyl groups is 1. The van der Waals surface area contributed by atoms with Gasteiger partial charge in [-0.05, 0) is 68.1 Å². The average molecular weight is 505 g/mol. The highest BCUT2D eigenvalue weighted by molar-refractivity contribution is 6.30. The van der Waals surface area contributed by atoms with Gasteiger partial charge >= 0.3 is 0 Å². The van der Waals surface area contributed by atoms with E-state index in [9.17, 15) is 15.0 Å². The molecule has 6 nitrogen and oxygen atoms in total. The molecule has 2 aromatic rings. The highest BCUT2D eigenvalue weighted by atomic mass is 35.5. The number of carbonyl (C=O) groups excluding carboxylic acids is 1. The van der Waals surface area contributed by atoms with Gasteiger partial charge in [0.2, 0.25) is 0 Å². The van der Waals surface area contributed by atoms with E-state index in [1.54, 1.807) is 42.3 Å². The largest absolute Gasteiger partial charge is 0.504 e. The smallest absolute Gasteiger partial charge is 0.298 e. The second-order valence-corrected chi connectivity index (χ2v) is 10.9. The van der Waals surface area contributed by atoms with Crippen LogP contribution in [-0.4, -0.2) is 69.8 Å². The fourth-order valence-electron chi connectivity index (χ4n) is 7.28. The number of likely N-dealkylation sites (N-methyl/N-ethyl adjacent to an activating group) is 1. The van der Waals surface area contributed by atoms with E-state index in [1.165, 1.54) is 0 Å². The first kappa shape index (κ1) is 23.4. The Morgan fingerprint density at radius 1 is 1.31 bits per heavy atom. The van der Waals surface area contributed by atoms with Crippen LogP contribution in [0.15, 0.2) is 49.1 Å². The van der Waals surface area contributed by atoms with Crippen LogP contribution < -0.4 is 4.74 Å². The Morgan fingerprint density at radius 3 is 2.83 bits per heavy atom. The Balaban J connectivity index is 1.39. The van der Waals surface area contributed by atoms with Gasteiger partial charge in [0.05, 0.1) is 17.1 Å². The lowest BCUT2D eigenvalue weighted by Gasteiger charge is -2.64. The number of aromatic hydroxyl groups is 1. The van der Waals surface area contributed by atoms with Gasteiger partial charge in [0, 0.05) is 41.7 Å². The number of piperidine rings is 1. The second-order valence-electron chi connectivity index (χ2n) is 10.4. The number of phenolic OH excluding ortho intramolecular Hbond substituents is 1. The van der Waals surface area contributed by atoms with Gasteiger partial charge in [-0.25, -0.2) is 0 Å². The van der Waals surface area contributed by atoms with Crippen molar-refractivity contribution >= 4 is 17.5 Å². The number of ether oxygens (including phenoxy) is 1. The lowest BCUT2D eigenvalue weighted by Crippen LogP contribution is -2.78. The number of halogens is 1. The van der Waals surface area contributed by atoms with Crippen LogP contribution >= 0.6 is 11.6 Å². The van der Waals surface area contributed by atoms with Crippen molar-refractivity contribution < 1.29 is 19.7 Å². The van der Waals surface area contributed by atoms with Crippen LogP contribution in [0.5, 0.6) is 11.5 Å². The van der Waals surface area contributed by atoms with Crippen molar-refractivity contribution in [2.45, 2.75) is 54.9 Å². The number of rotatable bonds is 3. The zero-order chi connectivity index (χ0) is 25.2. The lowest BCUT2D eigenvalue weighted by molar-refractivity contribution is -0.197. The van der Waals surface area contributed by atoms with Gasteiger partial charge in [-0.15, -0.1) is 6.58 Å². The molecule has 2 bridgehead atoms. The molecule has 2 fully saturated rings. The Hall–Kier alpha value is -2.98. The summed E-state index contributed by atoms with van der Waals surface area (Å²) in [7, 11) is 1.75. The number of carbonyl (C=O) groups is 1. The van der Waals surface area contributed by atoms with Gasteiger partial charge in [-0.2, -0.15) is 0 Å². The number of likely N-dealkylation sites (tertiary alicyclic amines) is 1. The molecular weight excluding hydrogens is 476 g/mol. The third-order valence-electron chi connectivity index (χ3n) is 8.88. The molecule has 1 saturated heterocycles. The molecule has 0 aromatic heterocycles. The monoisotopic (exact) mass is 504 g/mol. The Kier molecular flexibility index (Phi) is 5.38. The fourth-order valence-corrected chi connectivity index (χ4v) is 7.41. The van der Waals surface area contributed by atoms with E-state index in [4.69, 9.17) is 16.3 Å². The van der Waals surface area contributed by atoms with E-state index in [2.05, 4.69) is 23.3 Å². The predicted molar refractivity (Wildman–Crippen MR) is 137 cm³/mol. The van der Waals surface area contributed by atoms with Crippen molar-refractivity contribution in [3.8, 4) is 23.3 Å². The first-order valence-corrected chi connectivity index (χ1v) is 12.8. The Morgan fingerprint density at radius 2 is 2.08 bits per heavy atom. The maximum atomic E-state index is 13.2. The molecular formula is C29H29ClN2O4. The van der Waals surface area contributed by atoms with Crippen LogP contribution in [-0.2, 0) is 16.6 Å². The first-order valence-electron chi connectivity index (χ1n) is 12.4. The summed E-state index contributed by atoms with van der Waals surface area (Å²) in [4.78, 5) is 17.2. The molecule has 186 valence electrons. The summed E-state index contributed by atoms with van der Waals surface area (Å²) in [5.74, 6) is 5.93. The summed E-state index contributed by atoms with van der Waals surface area (Å²) in [5, 5.41) is 23.8. The maximum Gasteiger partial charge on any atom is 0.298 e. The summed E-state index contributed by atoms with van der Waals surface area (Å²) in [6, 6.07) is 10.3. The van der Waals surface area contributed by atoms with E-state index in [0.717, 1.165) is 17.7 Å². The number of hydrogen-bond acceptors (Lipinski definition) is 5. The van der Waals surface area contributed by atoms with E-state index < -0.39 is 17.1 Å². The molecule has 36 heavy (non-hydrogen) atoms. The third kappa shape index (κ3) is 3.10. The van der Waals surface area contributed by atoms with Crippen LogP contribution in [0.3, 0.4) is 0 Å². The summed E-state index contributed by atoms with van der Waals surface area (Å²) in [6.45, 7) is 5.41. The standard InChI is InChI=1S/C29H29ClN2O4/c1-3-15-32-16-14-28-25-19-7-10-22(33)26(25)36-27(28)21(12-13-29(28,35)23(32)17-19)31(2)24(34)11-6-18-4-8-20(30)9-5-18/h3-5,7-10,21,23,27,33,35H,1,12-17H2,2H3/t21-,23+,27-,28-,29+/m0/s1. The Bertz CT molecular complexity index is 1320.